The van der Waals surface area contributed by atoms with Gasteiger partial charge in [-0.1, -0.05) is 48.5 Å². The van der Waals surface area contributed by atoms with E-state index in [1.165, 1.54) is 0 Å². The van der Waals surface area contributed by atoms with E-state index in [1.807, 2.05) is 67.6 Å². The number of carbonyl (C=O) groups is 2. The van der Waals surface area contributed by atoms with Crippen molar-refractivity contribution in [2.75, 3.05) is 11.9 Å². The number of esters is 1. The van der Waals surface area contributed by atoms with Crippen molar-refractivity contribution in [1.29, 1.82) is 0 Å². The second kappa shape index (κ2) is 7.76. The van der Waals surface area contributed by atoms with Crippen LogP contribution in [0.5, 0.6) is 5.75 Å². The molecule has 8 heteroatoms. The van der Waals surface area contributed by atoms with E-state index < -0.39 is 17.3 Å². The summed E-state index contributed by atoms with van der Waals surface area (Å²) in [4.78, 5) is 37.8. The highest BCUT2D eigenvalue weighted by Crippen LogP contribution is 2.57. The molecule has 1 spiro atoms. The number of amides is 1. The van der Waals surface area contributed by atoms with E-state index in [4.69, 9.17) is 25.2 Å². The number of hydrogen-bond acceptors (Lipinski definition) is 7. The second-order valence-corrected chi connectivity index (χ2v) is 9.47. The summed E-state index contributed by atoms with van der Waals surface area (Å²) >= 11 is 0. The Hall–Kier alpha value is -4.98. The lowest BCUT2D eigenvalue weighted by Gasteiger charge is -2.36. The molecule has 5 aromatic rings. The van der Waals surface area contributed by atoms with E-state index >= 15 is 0 Å². The maximum absolute atomic E-state index is 14.2. The number of carbonyl (C=O) groups excluding carboxylic acids is 2. The van der Waals surface area contributed by atoms with E-state index in [1.54, 1.807) is 13.0 Å². The maximum Gasteiger partial charge on any atom is 0.341 e. The molecule has 0 fully saturated rings. The zero-order valence-corrected chi connectivity index (χ0v) is 20.7. The Bertz CT molecular complexity index is 1910. The number of nitrogens with two attached hydrogens (primary N) is 1. The van der Waals surface area contributed by atoms with E-state index in [-0.39, 0.29) is 18.1 Å². The molecule has 1 aromatic heterocycles. The molecule has 186 valence electrons. The van der Waals surface area contributed by atoms with Gasteiger partial charge in [-0.15, -0.1) is 0 Å². The molecule has 1 unspecified atom stereocenters. The van der Waals surface area contributed by atoms with Crippen LogP contribution >= 0.6 is 0 Å². The number of para-hydroxylation sites is 1. The van der Waals surface area contributed by atoms with Crippen LogP contribution in [-0.2, 0) is 19.7 Å². The molecule has 0 aliphatic carbocycles. The number of fused-ring (bicyclic) bond motifs is 10. The summed E-state index contributed by atoms with van der Waals surface area (Å²) in [5, 5.41) is 4.47. The van der Waals surface area contributed by atoms with Crippen LogP contribution < -0.4 is 15.8 Å². The average Bonchev–Trinajstić information content (AvgIpc) is 3.19. The zero-order chi connectivity index (χ0) is 26.2. The van der Waals surface area contributed by atoms with E-state index in [0.717, 1.165) is 16.5 Å². The van der Waals surface area contributed by atoms with Crippen LogP contribution in [0.4, 0.5) is 5.69 Å². The van der Waals surface area contributed by atoms with Gasteiger partial charge in [0.25, 0.3) is 0 Å². The summed E-state index contributed by atoms with van der Waals surface area (Å²) in [7, 11) is 0. The van der Waals surface area contributed by atoms with Crippen LogP contribution in [0.2, 0.25) is 0 Å². The minimum Gasteiger partial charge on any atom is -0.462 e. The Morgan fingerprint density at radius 3 is 2.55 bits per heavy atom. The highest BCUT2D eigenvalue weighted by molar-refractivity contribution is 6.22. The lowest BCUT2D eigenvalue weighted by atomic mass is 9.67. The number of aryl methyl sites for hydroxylation is 1. The SMILES string of the molecule is CCOC(=O)C1=C(N)Oc2c(c3nc4ccc(C)cc4nc3c3ccccc23)C12C(=O)Nc1ccccc12. The molecular weight excluding hydrogens is 480 g/mol. The molecule has 3 heterocycles. The van der Waals surface area contributed by atoms with Crippen LogP contribution in [0.15, 0.2) is 78.2 Å². The van der Waals surface area contributed by atoms with Gasteiger partial charge >= 0.3 is 5.97 Å². The predicted molar refractivity (Wildman–Crippen MR) is 144 cm³/mol. The molecule has 7 rings (SSSR count). The van der Waals surface area contributed by atoms with Crippen molar-refractivity contribution >= 4 is 50.4 Å². The van der Waals surface area contributed by atoms with Gasteiger partial charge in [0.2, 0.25) is 11.8 Å². The number of aromatic nitrogens is 2. The molecule has 38 heavy (non-hydrogen) atoms. The highest BCUT2D eigenvalue weighted by Gasteiger charge is 2.60. The first-order chi connectivity index (χ1) is 18.4. The summed E-state index contributed by atoms with van der Waals surface area (Å²) in [6.07, 6.45) is 0. The van der Waals surface area contributed by atoms with E-state index in [9.17, 15) is 9.59 Å². The van der Waals surface area contributed by atoms with Crippen molar-refractivity contribution in [3.63, 3.8) is 0 Å². The van der Waals surface area contributed by atoms with Gasteiger partial charge in [0, 0.05) is 27.6 Å². The van der Waals surface area contributed by atoms with Gasteiger partial charge in [-0.05, 0) is 37.6 Å². The Morgan fingerprint density at radius 1 is 1.00 bits per heavy atom. The lowest BCUT2D eigenvalue weighted by Crippen LogP contribution is -2.46. The highest BCUT2D eigenvalue weighted by atomic mass is 16.5. The Morgan fingerprint density at radius 2 is 1.74 bits per heavy atom. The number of benzene rings is 4. The average molecular weight is 503 g/mol. The topological polar surface area (TPSA) is 116 Å². The molecule has 8 nitrogen and oxygen atoms in total. The smallest absolute Gasteiger partial charge is 0.341 e. The second-order valence-electron chi connectivity index (χ2n) is 9.47. The van der Waals surface area contributed by atoms with Gasteiger partial charge in [-0.25, -0.2) is 14.8 Å². The molecule has 4 aromatic carbocycles. The van der Waals surface area contributed by atoms with Gasteiger partial charge in [0.05, 0.1) is 28.7 Å². The van der Waals surface area contributed by atoms with Crippen molar-refractivity contribution in [3.8, 4) is 5.75 Å². The Balaban J connectivity index is 1.74. The van der Waals surface area contributed by atoms with Crippen LogP contribution in [0, 0.1) is 6.92 Å². The van der Waals surface area contributed by atoms with Gasteiger partial charge in [0.15, 0.2) is 0 Å². The van der Waals surface area contributed by atoms with Crippen molar-refractivity contribution in [1.82, 2.24) is 9.97 Å². The zero-order valence-electron chi connectivity index (χ0n) is 20.7. The minimum atomic E-state index is -1.66. The van der Waals surface area contributed by atoms with E-state index in [0.29, 0.717) is 44.5 Å². The van der Waals surface area contributed by atoms with Crippen LogP contribution in [0.1, 0.15) is 23.6 Å². The fourth-order valence-electron chi connectivity index (χ4n) is 5.79. The fraction of sp³-hybridized carbons (Fsp3) is 0.133. The molecule has 2 aliphatic rings. The van der Waals surface area contributed by atoms with Crippen molar-refractivity contribution in [2.24, 2.45) is 5.73 Å². The molecule has 1 amide bonds. The molecule has 0 saturated carbocycles. The monoisotopic (exact) mass is 502 g/mol. The molecule has 1 atom stereocenters. The summed E-state index contributed by atoms with van der Waals surface area (Å²) < 4.78 is 11.7. The first-order valence-electron chi connectivity index (χ1n) is 12.3. The third kappa shape index (κ3) is 2.74. The summed E-state index contributed by atoms with van der Waals surface area (Å²) in [5.41, 5.74) is 9.81. The van der Waals surface area contributed by atoms with Crippen LogP contribution in [-0.4, -0.2) is 28.5 Å². The van der Waals surface area contributed by atoms with Crippen molar-refractivity contribution < 1.29 is 19.1 Å². The van der Waals surface area contributed by atoms with Gasteiger partial charge in [0.1, 0.15) is 16.7 Å². The lowest BCUT2D eigenvalue weighted by molar-refractivity contribution is -0.140. The third-order valence-electron chi connectivity index (χ3n) is 7.32. The standard InChI is InChI=1S/C30H22N4O4/c1-3-37-28(35)23-27(31)38-26-17-9-5-4-8-16(17)24-25(32-20-13-12-15(2)14-21(20)33-24)22(26)30(23)18-10-6-7-11-19(18)34-29(30)36/h4-14H,3,31H2,1-2H3,(H,34,36). The number of ether oxygens (including phenoxy) is 2. The quantitative estimate of drug-likeness (QED) is 0.206. The number of anilines is 1. The maximum atomic E-state index is 14.2. The number of rotatable bonds is 2. The largest absolute Gasteiger partial charge is 0.462 e. The first-order valence-corrected chi connectivity index (χ1v) is 12.3. The van der Waals surface area contributed by atoms with E-state index in [2.05, 4.69) is 5.32 Å². The minimum absolute atomic E-state index is 0.0725. The summed E-state index contributed by atoms with van der Waals surface area (Å²) in [5.74, 6) is -0.979. The van der Waals surface area contributed by atoms with Crippen LogP contribution in [0.25, 0.3) is 32.8 Å². The molecule has 3 N–H and O–H groups in total. The number of hydrogen-bond donors (Lipinski definition) is 2. The molecule has 0 bridgehead atoms. The number of nitrogens with zero attached hydrogens (tertiary/aromatic N) is 2. The molecule has 2 aliphatic heterocycles. The molecular formula is C30H22N4O4. The van der Waals surface area contributed by atoms with Gasteiger partial charge in [-0.2, -0.15) is 0 Å². The number of nitrogens with one attached hydrogen (secondary N) is 1. The third-order valence-corrected chi connectivity index (χ3v) is 7.32. The normalized spacial score (nSPS) is 18.0. The molecule has 0 radical (unpaired) electrons. The first kappa shape index (κ1) is 22.2. The van der Waals surface area contributed by atoms with Crippen molar-refractivity contribution in [3.05, 3.63) is 94.9 Å². The van der Waals surface area contributed by atoms with Crippen molar-refractivity contribution in [2.45, 2.75) is 19.3 Å². The summed E-state index contributed by atoms with van der Waals surface area (Å²) in [6.45, 7) is 3.80. The van der Waals surface area contributed by atoms with Gasteiger partial charge in [-0.3, -0.25) is 4.79 Å². The van der Waals surface area contributed by atoms with Crippen LogP contribution in [0.3, 0.4) is 0 Å². The summed E-state index contributed by atoms with van der Waals surface area (Å²) in [6, 6.07) is 20.7. The Labute approximate surface area is 217 Å². The Kier molecular flexibility index (Phi) is 4.54. The fourth-order valence-corrected chi connectivity index (χ4v) is 5.79. The van der Waals surface area contributed by atoms with Gasteiger partial charge < -0.3 is 20.5 Å². The predicted octanol–water partition coefficient (Wildman–Crippen LogP) is 4.61. The molecule has 0 saturated heterocycles.